The van der Waals surface area contributed by atoms with Gasteiger partial charge in [0.25, 0.3) is 5.91 Å². The summed E-state index contributed by atoms with van der Waals surface area (Å²) in [4.78, 5) is 25.0. The maximum atomic E-state index is 12.5. The van der Waals surface area contributed by atoms with Crippen molar-refractivity contribution in [3.05, 3.63) is 46.1 Å². The SMILES string of the molecule is Cc1cc(NC(=O)[C@@H](CC(C)C)NC(=O)c2ccccc2Br)no1. The van der Waals surface area contributed by atoms with Crippen molar-refractivity contribution in [3.63, 3.8) is 0 Å². The second-order valence-corrected chi connectivity index (χ2v) is 6.80. The molecule has 0 bridgehead atoms. The van der Waals surface area contributed by atoms with E-state index in [0.717, 1.165) is 0 Å². The van der Waals surface area contributed by atoms with Gasteiger partial charge in [0.05, 0.1) is 5.56 Å². The fourth-order valence-corrected chi connectivity index (χ4v) is 2.69. The van der Waals surface area contributed by atoms with E-state index in [1.165, 1.54) is 0 Å². The fourth-order valence-electron chi connectivity index (χ4n) is 2.22. The molecule has 0 saturated carbocycles. The maximum Gasteiger partial charge on any atom is 0.253 e. The van der Waals surface area contributed by atoms with Crippen molar-refractivity contribution in [1.82, 2.24) is 10.5 Å². The highest BCUT2D eigenvalue weighted by molar-refractivity contribution is 9.10. The third kappa shape index (κ3) is 4.92. The highest BCUT2D eigenvalue weighted by Gasteiger charge is 2.24. The average Bonchev–Trinajstić information content (AvgIpc) is 2.91. The molecule has 0 spiro atoms. The van der Waals surface area contributed by atoms with E-state index in [4.69, 9.17) is 4.52 Å². The number of halogens is 1. The Kier molecular flexibility index (Phi) is 6.14. The van der Waals surface area contributed by atoms with Crippen molar-refractivity contribution in [3.8, 4) is 0 Å². The van der Waals surface area contributed by atoms with E-state index in [0.29, 0.717) is 28.0 Å². The molecular formula is C17H20BrN3O3. The zero-order valence-corrected chi connectivity index (χ0v) is 15.4. The Morgan fingerprint density at radius 3 is 2.58 bits per heavy atom. The predicted molar refractivity (Wildman–Crippen MR) is 94.7 cm³/mol. The van der Waals surface area contributed by atoms with Gasteiger partial charge in [0.2, 0.25) is 5.91 Å². The molecule has 2 rings (SSSR count). The van der Waals surface area contributed by atoms with Crippen molar-refractivity contribution in [2.75, 3.05) is 5.32 Å². The predicted octanol–water partition coefficient (Wildman–Crippen LogP) is 3.53. The summed E-state index contributed by atoms with van der Waals surface area (Å²) in [5.74, 6) is 0.542. The second-order valence-electron chi connectivity index (χ2n) is 5.95. The molecule has 7 heteroatoms. The monoisotopic (exact) mass is 393 g/mol. The van der Waals surface area contributed by atoms with E-state index in [9.17, 15) is 9.59 Å². The van der Waals surface area contributed by atoms with Crippen LogP contribution in [0.25, 0.3) is 0 Å². The Hall–Kier alpha value is -2.15. The van der Waals surface area contributed by atoms with E-state index < -0.39 is 6.04 Å². The van der Waals surface area contributed by atoms with Crippen LogP contribution in [-0.2, 0) is 4.79 Å². The first kappa shape index (κ1) is 18.2. The van der Waals surface area contributed by atoms with Crippen molar-refractivity contribution in [1.29, 1.82) is 0 Å². The standard InChI is InChI=1S/C17H20BrN3O3/c1-10(2)8-14(17(23)20-15-9-11(3)24-21-15)19-16(22)12-6-4-5-7-13(12)18/h4-7,9-10,14H,8H2,1-3H3,(H,19,22)(H,20,21,23)/t14-/m1/s1. The third-order valence-electron chi connectivity index (χ3n) is 3.33. The molecule has 1 aromatic carbocycles. The number of carbonyl (C=O) groups is 2. The number of amides is 2. The molecule has 6 nitrogen and oxygen atoms in total. The van der Waals surface area contributed by atoms with E-state index in [2.05, 4.69) is 31.7 Å². The van der Waals surface area contributed by atoms with Gasteiger partial charge in [-0.25, -0.2) is 0 Å². The number of aryl methyl sites for hydroxylation is 1. The van der Waals surface area contributed by atoms with Crippen LogP contribution in [0.15, 0.2) is 39.3 Å². The largest absolute Gasteiger partial charge is 0.360 e. The molecule has 2 amide bonds. The summed E-state index contributed by atoms with van der Waals surface area (Å²) in [7, 11) is 0. The number of hydrogen-bond donors (Lipinski definition) is 2. The molecule has 0 radical (unpaired) electrons. The summed E-state index contributed by atoms with van der Waals surface area (Å²) in [5, 5.41) is 9.20. The highest BCUT2D eigenvalue weighted by Crippen LogP contribution is 2.17. The number of nitrogens with one attached hydrogen (secondary N) is 2. The third-order valence-corrected chi connectivity index (χ3v) is 4.02. The molecule has 0 fully saturated rings. The summed E-state index contributed by atoms with van der Waals surface area (Å²) in [6.07, 6.45) is 0.513. The van der Waals surface area contributed by atoms with E-state index in [1.54, 1.807) is 31.2 Å². The van der Waals surface area contributed by atoms with E-state index >= 15 is 0 Å². The minimum absolute atomic E-state index is 0.235. The van der Waals surface area contributed by atoms with Crippen LogP contribution in [0.1, 0.15) is 36.4 Å². The summed E-state index contributed by atoms with van der Waals surface area (Å²) >= 11 is 3.35. The smallest absolute Gasteiger partial charge is 0.253 e. The van der Waals surface area contributed by atoms with Crippen LogP contribution in [0.2, 0.25) is 0 Å². The van der Waals surface area contributed by atoms with Gasteiger partial charge in [-0.3, -0.25) is 9.59 Å². The number of aromatic nitrogens is 1. The van der Waals surface area contributed by atoms with Crippen molar-refractivity contribution >= 4 is 33.6 Å². The molecule has 2 aromatic rings. The lowest BCUT2D eigenvalue weighted by Crippen LogP contribution is -2.44. The molecule has 24 heavy (non-hydrogen) atoms. The van der Waals surface area contributed by atoms with Gasteiger partial charge in [-0.15, -0.1) is 0 Å². The van der Waals surface area contributed by atoms with Gasteiger partial charge < -0.3 is 15.2 Å². The molecule has 128 valence electrons. The van der Waals surface area contributed by atoms with Crippen molar-refractivity contribution in [2.45, 2.75) is 33.2 Å². The summed E-state index contributed by atoms with van der Waals surface area (Å²) in [6, 6.07) is 8.04. The van der Waals surface area contributed by atoms with Gasteiger partial charge in [-0.1, -0.05) is 31.1 Å². The minimum Gasteiger partial charge on any atom is -0.360 e. The summed E-state index contributed by atoms with van der Waals surface area (Å²) in [6.45, 7) is 5.72. The topological polar surface area (TPSA) is 84.2 Å². The molecule has 0 unspecified atom stereocenters. The number of nitrogens with zero attached hydrogens (tertiary/aromatic N) is 1. The van der Waals surface area contributed by atoms with Crippen LogP contribution in [0.5, 0.6) is 0 Å². The molecule has 1 atom stereocenters. The Balaban J connectivity index is 2.11. The van der Waals surface area contributed by atoms with Crippen LogP contribution in [0, 0.1) is 12.8 Å². The van der Waals surface area contributed by atoms with Gasteiger partial charge >= 0.3 is 0 Å². The molecule has 0 aliphatic carbocycles. The van der Waals surface area contributed by atoms with Crippen LogP contribution < -0.4 is 10.6 Å². The summed E-state index contributed by atoms with van der Waals surface area (Å²) in [5.41, 5.74) is 0.483. The van der Waals surface area contributed by atoms with Crippen LogP contribution >= 0.6 is 15.9 Å². The van der Waals surface area contributed by atoms with E-state index in [1.807, 2.05) is 19.9 Å². The van der Waals surface area contributed by atoms with Crippen LogP contribution in [-0.4, -0.2) is 23.0 Å². The van der Waals surface area contributed by atoms with Gasteiger partial charge in [-0.05, 0) is 47.3 Å². The molecule has 1 heterocycles. The fraction of sp³-hybridized carbons (Fsp3) is 0.353. The number of hydrogen-bond acceptors (Lipinski definition) is 4. The van der Waals surface area contributed by atoms with Crippen LogP contribution in [0.4, 0.5) is 5.82 Å². The van der Waals surface area contributed by atoms with Gasteiger partial charge in [0, 0.05) is 10.5 Å². The van der Waals surface area contributed by atoms with Crippen molar-refractivity contribution in [2.24, 2.45) is 5.92 Å². The first-order chi connectivity index (χ1) is 11.4. The Labute approximate surface area is 149 Å². The number of benzene rings is 1. The zero-order valence-electron chi connectivity index (χ0n) is 13.8. The van der Waals surface area contributed by atoms with E-state index in [-0.39, 0.29) is 17.7 Å². The molecule has 1 aromatic heterocycles. The zero-order chi connectivity index (χ0) is 17.7. The quantitative estimate of drug-likeness (QED) is 0.785. The molecular weight excluding hydrogens is 374 g/mol. The molecule has 2 N–H and O–H groups in total. The lowest BCUT2D eigenvalue weighted by Gasteiger charge is -2.19. The highest BCUT2D eigenvalue weighted by atomic mass is 79.9. The molecule has 0 aliphatic heterocycles. The average molecular weight is 394 g/mol. The normalized spacial score (nSPS) is 12.0. The number of rotatable bonds is 6. The Morgan fingerprint density at radius 1 is 1.29 bits per heavy atom. The molecule has 0 aliphatic rings. The lowest BCUT2D eigenvalue weighted by molar-refractivity contribution is -0.118. The summed E-state index contributed by atoms with van der Waals surface area (Å²) < 4.78 is 5.61. The minimum atomic E-state index is -0.665. The maximum absolute atomic E-state index is 12.5. The molecule has 0 saturated heterocycles. The Morgan fingerprint density at radius 2 is 2.00 bits per heavy atom. The van der Waals surface area contributed by atoms with Crippen LogP contribution in [0.3, 0.4) is 0 Å². The van der Waals surface area contributed by atoms with Gasteiger partial charge in [0.1, 0.15) is 11.8 Å². The van der Waals surface area contributed by atoms with Gasteiger partial charge in [-0.2, -0.15) is 0 Å². The van der Waals surface area contributed by atoms with Crippen molar-refractivity contribution < 1.29 is 14.1 Å². The number of anilines is 1. The first-order valence-corrected chi connectivity index (χ1v) is 8.45. The number of carbonyl (C=O) groups excluding carboxylic acids is 2. The lowest BCUT2D eigenvalue weighted by atomic mass is 10.0. The second kappa shape index (κ2) is 8.10. The van der Waals surface area contributed by atoms with Gasteiger partial charge in [0.15, 0.2) is 5.82 Å². The first-order valence-electron chi connectivity index (χ1n) is 7.66. The Bertz CT molecular complexity index is 727.